The second-order valence-corrected chi connectivity index (χ2v) is 6.86. The molecule has 3 heterocycles. The van der Waals surface area contributed by atoms with E-state index in [-0.39, 0.29) is 6.04 Å². The van der Waals surface area contributed by atoms with E-state index in [0.29, 0.717) is 0 Å². The number of rotatable bonds is 5. The van der Waals surface area contributed by atoms with Crippen molar-refractivity contribution in [2.24, 2.45) is 0 Å². The van der Waals surface area contributed by atoms with Gasteiger partial charge in [-0.25, -0.2) is 9.97 Å². The van der Waals surface area contributed by atoms with Crippen molar-refractivity contribution >= 4 is 21.6 Å². The molecule has 3 aromatic rings. The average Bonchev–Trinajstić information content (AvgIpc) is 3.24. The van der Waals surface area contributed by atoms with E-state index in [2.05, 4.69) is 32.7 Å². The van der Waals surface area contributed by atoms with Crippen LogP contribution in [0.25, 0.3) is 10.2 Å². The van der Waals surface area contributed by atoms with Gasteiger partial charge in [0.15, 0.2) is 0 Å². The van der Waals surface area contributed by atoms with Gasteiger partial charge in [-0.2, -0.15) is 0 Å². The lowest BCUT2D eigenvalue weighted by atomic mass is 10.2. The van der Waals surface area contributed by atoms with Crippen LogP contribution in [0, 0.1) is 0 Å². The number of nitrogens with zero attached hydrogens (tertiary/aromatic N) is 4. The fourth-order valence-electron chi connectivity index (χ4n) is 3.04. The molecule has 2 aromatic heterocycles. The van der Waals surface area contributed by atoms with Crippen LogP contribution in [-0.2, 0) is 11.3 Å². The SMILES string of the molecule is c1ccc2sc(C3COCCN3CCCn3ccnc3)nc2c1. The zero-order valence-corrected chi connectivity index (χ0v) is 13.8. The normalized spacial score (nSPS) is 19.4. The average molecular weight is 328 g/mol. The number of aromatic nitrogens is 3. The monoisotopic (exact) mass is 328 g/mol. The molecule has 0 bridgehead atoms. The number of benzene rings is 1. The first-order valence-corrected chi connectivity index (χ1v) is 8.85. The topological polar surface area (TPSA) is 43.2 Å². The van der Waals surface area contributed by atoms with Crippen molar-refractivity contribution in [3.05, 3.63) is 48.0 Å². The molecule has 0 N–H and O–H groups in total. The Labute approximate surface area is 139 Å². The van der Waals surface area contributed by atoms with Crippen LogP contribution in [0.15, 0.2) is 43.0 Å². The molecule has 0 spiro atoms. The van der Waals surface area contributed by atoms with Gasteiger partial charge in [-0.05, 0) is 18.6 Å². The molecule has 1 atom stereocenters. The lowest BCUT2D eigenvalue weighted by molar-refractivity contribution is -0.00929. The predicted molar refractivity (Wildman–Crippen MR) is 91.6 cm³/mol. The number of fused-ring (bicyclic) bond motifs is 1. The zero-order valence-electron chi connectivity index (χ0n) is 13.0. The smallest absolute Gasteiger partial charge is 0.113 e. The van der Waals surface area contributed by atoms with Crippen LogP contribution in [0.4, 0.5) is 0 Å². The molecule has 0 aliphatic carbocycles. The minimum atomic E-state index is 0.281. The molecule has 6 heteroatoms. The molecule has 0 amide bonds. The van der Waals surface area contributed by atoms with Gasteiger partial charge in [0, 0.05) is 32.0 Å². The number of imidazole rings is 1. The fraction of sp³-hybridized carbons (Fsp3) is 0.412. The van der Waals surface area contributed by atoms with E-state index < -0.39 is 0 Å². The molecule has 1 aliphatic rings. The Bertz CT molecular complexity index is 722. The molecule has 1 aliphatic heterocycles. The highest BCUT2D eigenvalue weighted by molar-refractivity contribution is 7.18. The van der Waals surface area contributed by atoms with E-state index in [1.54, 1.807) is 11.3 Å². The van der Waals surface area contributed by atoms with Gasteiger partial charge in [0.05, 0.1) is 35.8 Å². The van der Waals surface area contributed by atoms with Gasteiger partial charge in [-0.3, -0.25) is 4.90 Å². The minimum Gasteiger partial charge on any atom is -0.378 e. The van der Waals surface area contributed by atoms with Gasteiger partial charge < -0.3 is 9.30 Å². The lowest BCUT2D eigenvalue weighted by Crippen LogP contribution is -2.40. The summed E-state index contributed by atoms with van der Waals surface area (Å²) >= 11 is 1.79. The number of morpholine rings is 1. The van der Waals surface area contributed by atoms with Crippen molar-refractivity contribution in [2.75, 3.05) is 26.3 Å². The fourth-order valence-corrected chi connectivity index (χ4v) is 4.13. The first kappa shape index (κ1) is 14.8. The molecule has 4 rings (SSSR count). The van der Waals surface area contributed by atoms with Crippen LogP contribution >= 0.6 is 11.3 Å². The largest absolute Gasteiger partial charge is 0.378 e. The molecule has 1 aromatic carbocycles. The quantitative estimate of drug-likeness (QED) is 0.722. The van der Waals surface area contributed by atoms with E-state index in [4.69, 9.17) is 9.72 Å². The highest BCUT2D eigenvalue weighted by Crippen LogP contribution is 2.31. The van der Waals surface area contributed by atoms with Gasteiger partial charge in [-0.15, -0.1) is 11.3 Å². The van der Waals surface area contributed by atoms with Gasteiger partial charge in [-0.1, -0.05) is 12.1 Å². The Balaban J connectivity index is 1.46. The third kappa shape index (κ3) is 3.29. The summed E-state index contributed by atoms with van der Waals surface area (Å²) in [5, 5.41) is 1.17. The number of ether oxygens (including phenoxy) is 1. The lowest BCUT2D eigenvalue weighted by Gasteiger charge is -2.34. The van der Waals surface area contributed by atoms with Gasteiger partial charge in [0.1, 0.15) is 5.01 Å². The van der Waals surface area contributed by atoms with Crippen LogP contribution in [0.1, 0.15) is 17.5 Å². The number of aryl methyl sites for hydroxylation is 1. The second-order valence-electron chi connectivity index (χ2n) is 5.80. The van der Waals surface area contributed by atoms with Crippen LogP contribution in [-0.4, -0.2) is 45.7 Å². The Morgan fingerprint density at radius 3 is 3.09 bits per heavy atom. The molecule has 0 saturated carbocycles. The summed E-state index contributed by atoms with van der Waals surface area (Å²) in [5.41, 5.74) is 1.09. The number of hydrogen-bond acceptors (Lipinski definition) is 5. The third-order valence-corrected chi connectivity index (χ3v) is 5.39. The molecular formula is C17H20N4OS. The molecular weight excluding hydrogens is 308 g/mol. The number of hydrogen-bond donors (Lipinski definition) is 0. The van der Waals surface area contributed by atoms with Crippen molar-refractivity contribution in [1.82, 2.24) is 19.4 Å². The Hall–Kier alpha value is -1.76. The molecule has 1 saturated heterocycles. The van der Waals surface area contributed by atoms with Crippen LogP contribution < -0.4 is 0 Å². The van der Waals surface area contributed by atoms with E-state index in [0.717, 1.165) is 44.8 Å². The maximum atomic E-state index is 5.72. The Kier molecular flexibility index (Phi) is 4.37. The van der Waals surface area contributed by atoms with Crippen molar-refractivity contribution in [3.63, 3.8) is 0 Å². The van der Waals surface area contributed by atoms with Gasteiger partial charge in [0.2, 0.25) is 0 Å². The van der Waals surface area contributed by atoms with Crippen LogP contribution in [0.5, 0.6) is 0 Å². The van der Waals surface area contributed by atoms with E-state index >= 15 is 0 Å². The highest BCUT2D eigenvalue weighted by atomic mass is 32.1. The maximum absolute atomic E-state index is 5.72. The number of para-hydroxylation sites is 1. The summed E-state index contributed by atoms with van der Waals surface area (Å²) in [4.78, 5) is 11.4. The van der Waals surface area contributed by atoms with Crippen molar-refractivity contribution in [3.8, 4) is 0 Å². The first-order chi connectivity index (χ1) is 11.4. The molecule has 23 heavy (non-hydrogen) atoms. The van der Waals surface area contributed by atoms with E-state index in [9.17, 15) is 0 Å². The van der Waals surface area contributed by atoms with Gasteiger partial charge in [0.25, 0.3) is 0 Å². The molecule has 1 fully saturated rings. The molecule has 1 unspecified atom stereocenters. The van der Waals surface area contributed by atoms with Crippen LogP contribution in [0.3, 0.4) is 0 Å². The van der Waals surface area contributed by atoms with Crippen LogP contribution in [0.2, 0.25) is 0 Å². The standard InChI is InChI=1S/C17H20N4OS/c1-2-5-16-14(4-1)19-17(23-16)15-12-22-11-10-21(15)8-3-7-20-9-6-18-13-20/h1-2,4-6,9,13,15H,3,7-8,10-12H2. The number of thiazole rings is 1. The van der Waals surface area contributed by atoms with E-state index in [1.165, 1.54) is 9.71 Å². The summed E-state index contributed by atoms with van der Waals surface area (Å²) in [7, 11) is 0. The van der Waals surface area contributed by atoms with Crippen molar-refractivity contribution in [2.45, 2.75) is 19.0 Å². The minimum absolute atomic E-state index is 0.281. The summed E-state index contributed by atoms with van der Waals surface area (Å²) in [6, 6.07) is 8.63. The third-order valence-electron chi connectivity index (χ3n) is 4.26. The maximum Gasteiger partial charge on any atom is 0.113 e. The highest BCUT2D eigenvalue weighted by Gasteiger charge is 2.26. The molecule has 5 nitrogen and oxygen atoms in total. The van der Waals surface area contributed by atoms with E-state index in [1.807, 2.05) is 24.8 Å². The predicted octanol–water partition coefficient (Wildman–Crippen LogP) is 2.96. The van der Waals surface area contributed by atoms with Gasteiger partial charge >= 0.3 is 0 Å². The molecule has 120 valence electrons. The zero-order chi connectivity index (χ0) is 15.5. The second kappa shape index (κ2) is 6.78. The summed E-state index contributed by atoms with van der Waals surface area (Å²) < 4.78 is 9.11. The van der Waals surface area contributed by atoms with Crippen molar-refractivity contribution in [1.29, 1.82) is 0 Å². The summed E-state index contributed by atoms with van der Waals surface area (Å²) in [6.45, 7) is 4.59. The first-order valence-electron chi connectivity index (χ1n) is 8.03. The Morgan fingerprint density at radius 2 is 2.22 bits per heavy atom. The summed E-state index contributed by atoms with van der Waals surface area (Å²) in [5.74, 6) is 0. The molecule has 0 radical (unpaired) electrons. The van der Waals surface area contributed by atoms with Crippen molar-refractivity contribution < 1.29 is 4.74 Å². The Morgan fingerprint density at radius 1 is 1.26 bits per heavy atom. The summed E-state index contributed by atoms with van der Waals surface area (Å²) in [6.07, 6.45) is 6.84.